The molecular weight excluding hydrogens is 278 g/mol. The van der Waals surface area contributed by atoms with Gasteiger partial charge in [0.15, 0.2) is 0 Å². The standard InChI is InChI=1S/C17H19N3O2/c1-11-7-15(20-12(2)19-11)17(21)18-9-13-8-14-5-3-4-6-16(14)22-10-13/h3-7,13H,8-10H2,1-2H3,(H,18,21)/t13-/m0/s1. The molecule has 0 saturated carbocycles. The lowest BCUT2D eigenvalue weighted by Crippen LogP contribution is -2.35. The molecule has 0 spiro atoms. The molecule has 0 radical (unpaired) electrons. The van der Waals surface area contributed by atoms with Crippen LogP contribution in [0.1, 0.15) is 27.6 Å². The molecule has 3 rings (SSSR count). The number of hydrogen-bond donors (Lipinski definition) is 1. The number of para-hydroxylation sites is 1. The van der Waals surface area contributed by atoms with Gasteiger partial charge in [-0.1, -0.05) is 18.2 Å². The van der Waals surface area contributed by atoms with Gasteiger partial charge in [0.05, 0.1) is 6.61 Å². The first kappa shape index (κ1) is 14.5. The fraction of sp³-hybridized carbons (Fsp3) is 0.353. The number of carbonyl (C=O) groups excluding carboxylic acids is 1. The normalized spacial score (nSPS) is 16.5. The van der Waals surface area contributed by atoms with Gasteiger partial charge >= 0.3 is 0 Å². The van der Waals surface area contributed by atoms with Crippen molar-refractivity contribution >= 4 is 5.91 Å². The van der Waals surface area contributed by atoms with E-state index in [1.54, 1.807) is 13.0 Å². The Morgan fingerprint density at radius 2 is 2.14 bits per heavy atom. The number of nitrogens with zero attached hydrogens (tertiary/aromatic N) is 2. The van der Waals surface area contributed by atoms with E-state index in [9.17, 15) is 4.79 Å². The molecule has 1 aromatic heterocycles. The largest absolute Gasteiger partial charge is 0.493 e. The molecule has 0 saturated heterocycles. The second kappa shape index (κ2) is 6.13. The molecule has 0 unspecified atom stereocenters. The number of amides is 1. The molecule has 1 N–H and O–H groups in total. The molecular formula is C17H19N3O2. The van der Waals surface area contributed by atoms with Crippen LogP contribution >= 0.6 is 0 Å². The fourth-order valence-electron chi connectivity index (χ4n) is 2.68. The molecule has 5 nitrogen and oxygen atoms in total. The van der Waals surface area contributed by atoms with Crippen molar-refractivity contribution < 1.29 is 9.53 Å². The second-order valence-electron chi connectivity index (χ2n) is 5.64. The van der Waals surface area contributed by atoms with E-state index in [4.69, 9.17) is 4.74 Å². The number of hydrogen-bond acceptors (Lipinski definition) is 4. The molecule has 2 heterocycles. The summed E-state index contributed by atoms with van der Waals surface area (Å²) in [6.45, 7) is 4.85. The fourth-order valence-corrected chi connectivity index (χ4v) is 2.68. The average molecular weight is 297 g/mol. The van der Waals surface area contributed by atoms with Crippen molar-refractivity contribution in [2.24, 2.45) is 5.92 Å². The minimum absolute atomic E-state index is 0.160. The number of benzene rings is 1. The highest BCUT2D eigenvalue weighted by Crippen LogP contribution is 2.26. The SMILES string of the molecule is Cc1cc(C(=O)NC[C@H]2COc3ccccc3C2)nc(C)n1. The summed E-state index contributed by atoms with van der Waals surface area (Å²) in [4.78, 5) is 20.6. The van der Waals surface area contributed by atoms with Crippen molar-refractivity contribution in [2.75, 3.05) is 13.2 Å². The van der Waals surface area contributed by atoms with E-state index >= 15 is 0 Å². The summed E-state index contributed by atoms with van der Waals surface area (Å²) in [5.74, 6) is 1.68. The highest BCUT2D eigenvalue weighted by Gasteiger charge is 2.20. The first-order valence-electron chi connectivity index (χ1n) is 7.43. The molecule has 0 bridgehead atoms. The quantitative estimate of drug-likeness (QED) is 0.942. The van der Waals surface area contributed by atoms with Crippen LogP contribution in [0.25, 0.3) is 0 Å². The lowest BCUT2D eigenvalue weighted by atomic mass is 9.97. The topological polar surface area (TPSA) is 64.1 Å². The van der Waals surface area contributed by atoms with Crippen LogP contribution in [0.3, 0.4) is 0 Å². The van der Waals surface area contributed by atoms with Gasteiger partial charge in [0.1, 0.15) is 17.3 Å². The molecule has 1 amide bonds. The van der Waals surface area contributed by atoms with E-state index in [1.165, 1.54) is 5.56 Å². The first-order valence-corrected chi connectivity index (χ1v) is 7.43. The predicted octanol–water partition coefficient (Wildman–Crippen LogP) is 2.07. The van der Waals surface area contributed by atoms with E-state index in [0.717, 1.165) is 17.9 Å². The second-order valence-corrected chi connectivity index (χ2v) is 5.64. The van der Waals surface area contributed by atoms with Gasteiger partial charge in [-0.05, 0) is 38.0 Å². The predicted molar refractivity (Wildman–Crippen MR) is 83.0 cm³/mol. The Morgan fingerprint density at radius 1 is 1.32 bits per heavy atom. The van der Waals surface area contributed by atoms with E-state index < -0.39 is 0 Å². The monoisotopic (exact) mass is 297 g/mol. The number of ether oxygens (including phenoxy) is 1. The van der Waals surface area contributed by atoms with Gasteiger partial charge in [-0.3, -0.25) is 4.79 Å². The van der Waals surface area contributed by atoms with Crippen molar-refractivity contribution in [1.82, 2.24) is 15.3 Å². The molecule has 5 heteroatoms. The Balaban J connectivity index is 1.60. The third kappa shape index (κ3) is 3.24. The third-order valence-electron chi connectivity index (χ3n) is 3.71. The molecule has 0 fully saturated rings. The van der Waals surface area contributed by atoms with Crippen molar-refractivity contribution in [2.45, 2.75) is 20.3 Å². The van der Waals surface area contributed by atoms with E-state index in [0.29, 0.717) is 24.7 Å². The van der Waals surface area contributed by atoms with Crippen LogP contribution in [0.5, 0.6) is 5.75 Å². The Hall–Kier alpha value is -2.43. The van der Waals surface area contributed by atoms with E-state index in [-0.39, 0.29) is 11.8 Å². The Labute approximate surface area is 129 Å². The zero-order chi connectivity index (χ0) is 15.5. The molecule has 0 aliphatic carbocycles. The van der Waals surface area contributed by atoms with E-state index in [1.807, 2.05) is 25.1 Å². The first-order chi connectivity index (χ1) is 10.6. The van der Waals surface area contributed by atoms with Crippen LogP contribution in [-0.2, 0) is 6.42 Å². The number of fused-ring (bicyclic) bond motifs is 1. The zero-order valence-corrected chi connectivity index (χ0v) is 12.8. The molecule has 1 aromatic carbocycles. The van der Waals surface area contributed by atoms with Crippen molar-refractivity contribution in [1.29, 1.82) is 0 Å². The number of carbonyl (C=O) groups is 1. The van der Waals surface area contributed by atoms with Gasteiger partial charge in [0, 0.05) is 18.2 Å². The molecule has 22 heavy (non-hydrogen) atoms. The van der Waals surface area contributed by atoms with Gasteiger partial charge in [0.25, 0.3) is 5.91 Å². The summed E-state index contributed by atoms with van der Waals surface area (Å²) in [5, 5.41) is 2.94. The van der Waals surface area contributed by atoms with Crippen LogP contribution < -0.4 is 10.1 Å². The van der Waals surface area contributed by atoms with Gasteiger partial charge in [-0.2, -0.15) is 0 Å². The lowest BCUT2D eigenvalue weighted by Gasteiger charge is -2.25. The van der Waals surface area contributed by atoms with Crippen LogP contribution in [0.4, 0.5) is 0 Å². The van der Waals surface area contributed by atoms with Gasteiger partial charge in [-0.25, -0.2) is 9.97 Å². The number of nitrogens with one attached hydrogen (secondary N) is 1. The average Bonchev–Trinajstić information content (AvgIpc) is 2.51. The van der Waals surface area contributed by atoms with Crippen LogP contribution in [0, 0.1) is 19.8 Å². The summed E-state index contributed by atoms with van der Waals surface area (Å²) in [6.07, 6.45) is 0.915. The highest BCUT2D eigenvalue weighted by atomic mass is 16.5. The van der Waals surface area contributed by atoms with Crippen LogP contribution in [0.15, 0.2) is 30.3 Å². The maximum absolute atomic E-state index is 12.2. The number of rotatable bonds is 3. The summed E-state index contributed by atoms with van der Waals surface area (Å²) in [5.41, 5.74) is 2.41. The van der Waals surface area contributed by atoms with Crippen molar-refractivity contribution in [3.63, 3.8) is 0 Å². The van der Waals surface area contributed by atoms with Crippen LogP contribution in [0.2, 0.25) is 0 Å². The molecule has 2 aromatic rings. The number of aryl methyl sites for hydroxylation is 2. The molecule has 1 aliphatic heterocycles. The molecule has 1 aliphatic rings. The Morgan fingerprint density at radius 3 is 2.95 bits per heavy atom. The van der Waals surface area contributed by atoms with E-state index in [2.05, 4.69) is 21.4 Å². The summed E-state index contributed by atoms with van der Waals surface area (Å²) in [6, 6.07) is 9.74. The minimum Gasteiger partial charge on any atom is -0.493 e. The number of aromatic nitrogens is 2. The van der Waals surface area contributed by atoms with Crippen molar-refractivity contribution in [3.05, 3.63) is 53.1 Å². The zero-order valence-electron chi connectivity index (χ0n) is 12.8. The maximum atomic E-state index is 12.2. The van der Waals surface area contributed by atoms with Gasteiger partial charge in [0.2, 0.25) is 0 Å². The Bertz CT molecular complexity index is 680. The maximum Gasteiger partial charge on any atom is 0.270 e. The summed E-state index contributed by atoms with van der Waals surface area (Å²) >= 11 is 0. The molecule has 1 atom stereocenters. The third-order valence-corrected chi connectivity index (χ3v) is 3.71. The minimum atomic E-state index is -0.160. The highest BCUT2D eigenvalue weighted by molar-refractivity contribution is 5.92. The Kier molecular flexibility index (Phi) is 4.04. The van der Waals surface area contributed by atoms with Gasteiger partial charge in [-0.15, -0.1) is 0 Å². The van der Waals surface area contributed by atoms with Crippen molar-refractivity contribution in [3.8, 4) is 5.75 Å². The van der Waals surface area contributed by atoms with Gasteiger partial charge < -0.3 is 10.1 Å². The molecule has 114 valence electrons. The summed E-state index contributed by atoms with van der Waals surface area (Å²) in [7, 11) is 0. The lowest BCUT2D eigenvalue weighted by molar-refractivity contribution is 0.0933. The summed E-state index contributed by atoms with van der Waals surface area (Å²) < 4.78 is 5.74. The smallest absolute Gasteiger partial charge is 0.270 e. The van der Waals surface area contributed by atoms with Crippen LogP contribution in [-0.4, -0.2) is 29.0 Å².